The minimum Gasteiger partial charge on any atom is -0.507 e. The average Bonchev–Trinajstić information content (AvgIpc) is 3.15. The fraction of sp³-hybridized carbons (Fsp3) is 0.464. The lowest BCUT2D eigenvalue weighted by Crippen LogP contribution is -2.34. The Balaban J connectivity index is 1.88. The molecule has 0 radical (unpaired) electrons. The molecule has 1 aromatic carbocycles. The number of rotatable bonds is 13. The molecule has 188 valence electrons. The standard InChI is InChI=1S/C28H37N3O4/c1-4-6-17-30(18-7-5-2)19-10-20-31-25(23-11-8-9-16-29-23)24(27(33)28(31)34)26(32)21-12-14-22(35-3)15-13-21/h8-9,11-16,25,32H,4-7,10,17-20H2,1-3H3/b26-24+. The second-order valence-electron chi connectivity index (χ2n) is 8.88. The van der Waals surface area contributed by atoms with Crippen molar-refractivity contribution in [2.45, 2.75) is 52.0 Å². The molecular weight excluding hydrogens is 442 g/mol. The molecule has 2 aromatic rings. The van der Waals surface area contributed by atoms with Crippen molar-refractivity contribution in [1.29, 1.82) is 0 Å². The van der Waals surface area contributed by atoms with Gasteiger partial charge in [-0.05, 0) is 75.3 Å². The molecule has 0 saturated carbocycles. The lowest BCUT2D eigenvalue weighted by atomic mass is 9.98. The Labute approximate surface area is 208 Å². The van der Waals surface area contributed by atoms with Gasteiger partial charge >= 0.3 is 0 Å². The summed E-state index contributed by atoms with van der Waals surface area (Å²) in [7, 11) is 1.56. The number of ether oxygens (including phenoxy) is 1. The number of carbonyl (C=O) groups is 2. The van der Waals surface area contributed by atoms with Gasteiger partial charge in [0.2, 0.25) is 0 Å². The smallest absolute Gasteiger partial charge is 0.295 e. The first-order valence-corrected chi connectivity index (χ1v) is 12.6. The molecule has 1 fully saturated rings. The highest BCUT2D eigenvalue weighted by molar-refractivity contribution is 6.46. The SMILES string of the molecule is CCCCN(CCCC)CCCN1C(=O)C(=O)/C(=C(/O)c2ccc(OC)cc2)C1c1ccccn1. The van der Waals surface area contributed by atoms with Crippen LogP contribution in [0.3, 0.4) is 0 Å². The van der Waals surface area contributed by atoms with Gasteiger partial charge < -0.3 is 19.6 Å². The van der Waals surface area contributed by atoms with Crippen LogP contribution < -0.4 is 4.74 Å². The molecule has 3 rings (SSSR count). The quantitative estimate of drug-likeness (QED) is 0.252. The normalized spacial score (nSPS) is 17.4. The van der Waals surface area contributed by atoms with Gasteiger partial charge in [-0.25, -0.2) is 0 Å². The van der Waals surface area contributed by atoms with Crippen molar-refractivity contribution in [2.24, 2.45) is 0 Å². The zero-order chi connectivity index (χ0) is 25.2. The van der Waals surface area contributed by atoms with Crippen LogP contribution in [0.1, 0.15) is 63.3 Å². The molecule has 1 unspecified atom stereocenters. The molecule has 1 aliphatic heterocycles. The number of aliphatic hydroxyl groups excluding tert-OH is 1. The first-order chi connectivity index (χ1) is 17.0. The molecule has 1 aromatic heterocycles. The predicted molar refractivity (Wildman–Crippen MR) is 137 cm³/mol. The molecule has 7 heteroatoms. The van der Waals surface area contributed by atoms with E-state index in [1.54, 1.807) is 54.6 Å². The third-order valence-electron chi connectivity index (χ3n) is 6.40. The fourth-order valence-electron chi connectivity index (χ4n) is 4.42. The monoisotopic (exact) mass is 479 g/mol. The third-order valence-corrected chi connectivity index (χ3v) is 6.40. The number of aromatic nitrogens is 1. The summed E-state index contributed by atoms with van der Waals surface area (Å²) >= 11 is 0. The highest BCUT2D eigenvalue weighted by Crippen LogP contribution is 2.38. The second-order valence-corrected chi connectivity index (χ2v) is 8.88. The Kier molecular flexibility index (Phi) is 9.85. The van der Waals surface area contributed by atoms with Crippen molar-refractivity contribution in [2.75, 3.05) is 33.3 Å². The van der Waals surface area contributed by atoms with Crippen LogP contribution in [0.25, 0.3) is 5.76 Å². The summed E-state index contributed by atoms with van der Waals surface area (Å²) in [6, 6.07) is 11.5. The Bertz CT molecular complexity index is 997. The third kappa shape index (κ3) is 6.48. The molecule has 1 aliphatic rings. The number of hydrogen-bond donors (Lipinski definition) is 1. The predicted octanol–water partition coefficient (Wildman–Crippen LogP) is 4.80. The van der Waals surface area contributed by atoms with Crippen molar-refractivity contribution >= 4 is 17.4 Å². The van der Waals surface area contributed by atoms with Crippen molar-refractivity contribution in [3.63, 3.8) is 0 Å². The number of benzene rings is 1. The molecule has 35 heavy (non-hydrogen) atoms. The minimum atomic E-state index is -0.724. The number of Topliss-reactive ketones (excluding diaryl/α,β-unsaturated/α-hetero) is 1. The van der Waals surface area contributed by atoms with E-state index in [0.717, 1.165) is 51.7 Å². The van der Waals surface area contributed by atoms with Crippen LogP contribution in [0.2, 0.25) is 0 Å². The maximum absolute atomic E-state index is 13.1. The van der Waals surface area contributed by atoms with Crippen LogP contribution in [0.4, 0.5) is 0 Å². The topological polar surface area (TPSA) is 83.0 Å². The summed E-state index contributed by atoms with van der Waals surface area (Å²) in [5.74, 6) is -0.831. The second kappa shape index (κ2) is 13.0. The van der Waals surface area contributed by atoms with Gasteiger partial charge in [0.25, 0.3) is 11.7 Å². The van der Waals surface area contributed by atoms with Crippen LogP contribution in [0, 0.1) is 0 Å². The number of ketones is 1. The van der Waals surface area contributed by atoms with E-state index in [-0.39, 0.29) is 11.3 Å². The number of amides is 1. The molecule has 1 atom stereocenters. The van der Waals surface area contributed by atoms with Crippen molar-refractivity contribution in [3.05, 3.63) is 65.5 Å². The molecule has 1 saturated heterocycles. The highest BCUT2D eigenvalue weighted by Gasteiger charge is 2.46. The van der Waals surface area contributed by atoms with Gasteiger partial charge in [-0.2, -0.15) is 0 Å². The molecular formula is C28H37N3O4. The van der Waals surface area contributed by atoms with E-state index in [4.69, 9.17) is 4.74 Å². The lowest BCUT2D eigenvalue weighted by molar-refractivity contribution is -0.140. The van der Waals surface area contributed by atoms with Crippen LogP contribution in [0.15, 0.2) is 54.2 Å². The van der Waals surface area contributed by atoms with Gasteiger partial charge in [-0.1, -0.05) is 32.8 Å². The summed E-state index contributed by atoms with van der Waals surface area (Å²) in [6.07, 6.45) is 6.95. The lowest BCUT2D eigenvalue weighted by Gasteiger charge is -2.27. The van der Waals surface area contributed by atoms with E-state index < -0.39 is 17.7 Å². The van der Waals surface area contributed by atoms with Gasteiger partial charge in [0.15, 0.2) is 0 Å². The van der Waals surface area contributed by atoms with Crippen LogP contribution >= 0.6 is 0 Å². The number of pyridine rings is 1. The Morgan fingerprint density at radius 2 is 1.66 bits per heavy atom. The fourth-order valence-corrected chi connectivity index (χ4v) is 4.42. The average molecular weight is 480 g/mol. The van der Waals surface area contributed by atoms with Crippen molar-refractivity contribution in [1.82, 2.24) is 14.8 Å². The Hall–Kier alpha value is -3.19. The number of unbranched alkanes of at least 4 members (excludes halogenated alkanes) is 2. The minimum absolute atomic E-state index is 0.0766. The number of hydrogen-bond acceptors (Lipinski definition) is 6. The molecule has 0 spiro atoms. The molecule has 1 amide bonds. The molecule has 0 bridgehead atoms. The number of aliphatic hydroxyl groups is 1. The van der Waals surface area contributed by atoms with Gasteiger partial charge in [-0.15, -0.1) is 0 Å². The van der Waals surface area contributed by atoms with Gasteiger partial charge in [0.05, 0.1) is 18.4 Å². The Morgan fingerprint density at radius 1 is 1.00 bits per heavy atom. The largest absolute Gasteiger partial charge is 0.507 e. The molecule has 2 heterocycles. The number of carbonyl (C=O) groups excluding carboxylic acids is 2. The van der Waals surface area contributed by atoms with Crippen LogP contribution in [-0.4, -0.2) is 64.9 Å². The van der Waals surface area contributed by atoms with Crippen molar-refractivity contribution < 1.29 is 19.4 Å². The molecule has 0 aliphatic carbocycles. The first kappa shape index (κ1) is 26.4. The van der Waals surface area contributed by atoms with E-state index in [0.29, 0.717) is 23.6 Å². The van der Waals surface area contributed by atoms with Crippen molar-refractivity contribution in [3.8, 4) is 5.75 Å². The van der Waals surface area contributed by atoms with Gasteiger partial charge in [0, 0.05) is 18.3 Å². The van der Waals surface area contributed by atoms with E-state index >= 15 is 0 Å². The summed E-state index contributed by atoms with van der Waals surface area (Å²) < 4.78 is 5.19. The zero-order valence-electron chi connectivity index (χ0n) is 21.1. The maximum Gasteiger partial charge on any atom is 0.295 e. The van der Waals surface area contributed by atoms with E-state index in [1.165, 1.54) is 0 Å². The first-order valence-electron chi connectivity index (χ1n) is 12.6. The van der Waals surface area contributed by atoms with E-state index in [1.807, 2.05) is 6.07 Å². The molecule has 7 nitrogen and oxygen atoms in total. The summed E-state index contributed by atoms with van der Waals surface area (Å²) in [4.78, 5) is 34.7. The zero-order valence-corrected chi connectivity index (χ0v) is 21.1. The summed E-state index contributed by atoms with van der Waals surface area (Å²) in [5, 5.41) is 11.1. The number of likely N-dealkylation sites (tertiary alicyclic amines) is 1. The number of nitrogens with zero attached hydrogens (tertiary/aromatic N) is 3. The van der Waals surface area contributed by atoms with Crippen LogP contribution in [0.5, 0.6) is 5.75 Å². The summed E-state index contributed by atoms with van der Waals surface area (Å²) in [5.41, 5.74) is 1.10. The van der Waals surface area contributed by atoms with E-state index in [2.05, 4.69) is 23.7 Å². The molecule has 1 N–H and O–H groups in total. The van der Waals surface area contributed by atoms with Gasteiger partial charge in [0.1, 0.15) is 17.6 Å². The van der Waals surface area contributed by atoms with E-state index in [9.17, 15) is 14.7 Å². The summed E-state index contributed by atoms with van der Waals surface area (Å²) in [6.45, 7) is 7.73. The van der Waals surface area contributed by atoms with Gasteiger partial charge in [-0.3, -0.25) is 14.6 Å². The Morgan fingerprint density at radius 3 is 2.23 bits per heavy atom. The number of methoxy groups -OCH3 is 1. The maximum atomic E-state index is 13.1. The van der Waals surface area contributed by atoms with Crippen LogP contribution in [-0.2, 0) is 9.59 Å². The highest BCUT2D eigenvalue weighted by atomic mass is 16.5.